The molecular formula is C71H87BBr2FIN6O9. The molecule has 0 unspecified atom stereocenters. The van der Waals surface area contributed by atoms with Crippen molar-refractivity contribution in [3.63, 3.8) is 0 Å². The summed E-state index contributed by atoms with van der Waals surface area (Å²) in [6.07, 6.45) is 12.4. The fourth-order valence-corrected chi connectivity index (χ4v) is 12.9. The van der Waals surface area contributed by atoms with Crippen molar-refractivity contribution >= 4 is 73.0 Å². The number of benzene rings is 5. The number of aliphatic hydroxyl groups is 3. The average molecular weight is 1490 g/mol. The molecule has 0 spiro atoms. The number of carbonyl (C=O) groups is 1. The Morgan fingerprint density at radius 3 is 1.65 bits per heavy atom. The smallest absolute Gasteiger partial charge is 0.492 e. The molecule has 486 valence electrons. The second-order valence-electron chi connectivity index (χ2n) is 27.2. The zero-order valence-electron chi connectivity index (χ0n) is 55.5. The van der Waals surface area contributed by atoms with Crippen molar-refractivity contribution in [2.24, 2.45) is 0 Å². The third-order valence-electron chi connectivity index (χ3n) is 16.5. The Balaban J connectivity index is 0.000000183. The van der Waals surface area contributed by atoms with Crippen molar-refractivity contribution in [1.29, 1.82) is 0 Å². The summed E-state index contributed by atoms with van der Waals surface area (Å²) in [5.74, 6) is 0.722. The molecule has 3 aliphatic rings. The Labute approximate surface area is 566 Å². The summed E-state index contributed by atoms with van der Waals surface area (Å²) in [6, 6.07) is 22.0. The van der Waals surface area contributed by atoms with Crippen molar-refractivity contribution in [2.45, 2.75) is 190 Å². The molecule has 2 aliphatic heterocycles. The third kappa shape index (κ3) is 18.2. The molecule has 3 N–H and O–H groups in total. The van der Waals surface area contributed by atoms with E-state index in [1.54, 1.807) is 67.9 Å². The maximum atomic E-state index is 15.4. The summed E-state index contributed by atoms with van der Waals surface area (Å²) in [6.45, 7) is 33.0. The third-order valence-corrected chi connectivity index (χ3v) is 19.6. The molecule has 1 fully saturated rings. The fraction of sp³-hybridized carbons (Fsp3) is 0.437. The number of halogens is 4. The first kappa shape index (κ1) is 71.1. The molecule has 91 heavy (non-hydrogen) atoms. The number of ether oxygens (including phenoxy) is 3. The van der Waals surface area contributed by atoms with Gasteiger partial charge in [0.05, 0.1) is 80.2 Å². The normalized spacial score (nSPS) is 16.4. The number of hydrogen-bond donors (Lipinski definition) is 3. The molecule has 0 bridgehead atoms. The van der Waals surface area contributed by atoms with E-state index >= 15 is 4.39 Å². The van der Waals surface area contributed by atoms with Gasteiger partial charge in [-0.1, -0.05) is 68.3 Å². The lowest BCUT2D eigenvalue weighted by molar-refractivity contribution is -0.141. The van der Waals surface area contributed by atoms with E-state index in [2.05, 4.69) is 148 Å². The molecule has 2 atom stereocenters. The highest BCUT2D eigenvalue weighted by atomic mass is 127. The predicted molar refractivity (Wildman–Crippen MR) is 374 cm³/mol. The van der Waals surface area contributed by atoms with Crippen LogP contribution in [-0.4, -0.2) is 99.5 Å². The van der Waals surface area contributed by atoms with Gasteiger partial charge in [-0.25, -0.2) is 4.39 Å². The number of aryl methyl sites for hydroxylation is 6. The Bertz CT molecular complexity index is 3830. The molecule has 5 heterocycles. The van der Waals surface area contributed by atoms with E-state index in [9.17, 15) is 20.1 Å². The summed E-state index contributed by atoms with van der Waals surface area (Å²) < 4.78 is 53.3. The molecule has 8 aromatic rings. The van der Waals surface area contributed by atoms with Crippen LogP contribution in [0, 0.1) is 50.9 Å². The topological polar surface area (TPSA) is 177 Å². The minimum Gasteiger partial charge on any atom is -0.492 e. The highest BCUT2D eigenvalue weighted by molar-refractivity contribution is 14.1. The van der Waals surface area contributed by atoms with Crippen molar-refractivity contribution in [3.8, 4) is 44.9 Å². The number of hydrogen-bond acceptors (Lipinski definition) is 12. The number of fused-ring (bicyclic) bond motifs is 2. The van der Waals surface area contributed by atoms with Crippen molar-refractivity contribution in [2.75, 3.05) is 13.7 Å². The second-order valence-corrected chi connectivity index (χ2v) is 30.1. The summed E-state index contributed by atoms with van der Waals surface area (Å²) in [5, 5.41) is 42.7. The molecule has 15 nitrogen and oxygen atoms in total. The van der Waals surface area contributed by atoms with Gasteiger partial charge in [0.1, 0.15) is 23.4 Å². The van der Waals surface area contributed by atoms with Gasteiger partial charge in [-0.2, -0.15) is 15.3 Å². The highest BCUT2D eigenvalue weighted by Gasteiger charge is 2.52. The minimum absolute atomic E-state index is 0.0505. The Hall–Kier alpha value is -5.72. The number of rotatable bonds is 14. The Morgan fingerprint density at radius 2 is 1.15 bits per heavy atom. The zero-order valence-corrected chi connectivity index (χ0v) is 60.8. The van der Waals surface area contributed by atoms with Crippen LogP contribution < -0.4 is 14.9 Å². The molecule has 1 aliphatic carbocycles. The van der Waals surface area contributed by atoms with Crippen molar-refractivity contribution in [3.05, 3.63) is 172 Å². The van der Waals surface area contributed by atoms with Crippen LogP contribution in [0.4, 0.5) is 4.39 Å². The lowest BCUT2D eigenvalue weighted by atomic mass is 9.82. The van der Waals surface area contributed by atoms with Crippen molar-refractivity contribution < 1.29 is 48.0 Å². The second kappa shape index (κ2) is 28.5. The molecule has 0 radical (unpaired) electrons. The van der Waals surface area contributed by atoms with Crippen LogP contribution in [0.15, 0.2) is 113 Å². The molecule has 3 aromatic heterocycles. The van der Waals surface area contributed by atoms with Crippen LogP contribution in [0.5, 0.6) is 11.5 Å². The van der Waals surface area contributed by atoms with E-state index < -0.39 is 30.0 Å². The molecule has 1 saturated heterocycles. The molecule has 5 aromatic carbocycles. The maximum absolute atomic E-state index is 15.4. The van der Waals surface area contributed by atoms with Gasteiger partial charge in [0.15, 0.2) is 0 Å². The van der Waals surface area contributed by atoms with Gasteiger partial charge in [0.25, 0.3) is 0 Å². The maximum Gasteiger partial charge on any atom is 0.498 e. The molecule has 0 saturated carbocycles. The summed E-state index contributed by atoms with van der Waals surface area (Å²) >= 11 is 9.41. The number of nitrogens with zero attached hydrogens (tertiary/aromatic N) is 6. The first-order valence-corrected chi connectivity index (χ1v) is 33.3. The molecular weight excluding hydrogens is 1400 g/mol. The van der Waals surface area contributed by atoms with Crippen LogP contribution in [0.25, 0.3) is 33.4 Å². The lowest BCUT2D eigenvalue weighted by Gasteiger charge is -2.32. The van der Waals surface area contributed by atoms with E-state index in [0.717, 1.165) is 65.6 Å². The standard InChI is InChI=1S/C35H37FN2O5.C15H19BrN2O.C13H23BN2O3.C8H8BrI/c1-20-12-22(24-16-37-38(17-24)19-35(3,4)40)13-21(2)33(20)27-8-10-29(36)34-28(27)9-11-30(34)43-25-6-7-26-23(14-32(39)41-5)18-42-31(26)15-25;1-10-5-12(6-11(2)14(10)16)13-7-17-18(8-13)9-15(3,4)19;1-11(2,17)9-16-8-10(7-15-16)14-18-12(3,4)13(5,6)19-14;1-5-3-7(10)4-6(2)8(5)9/h6-8,10,12-13,15-17,23,30,40H,9,11,14,18-19H2,1-5H3;5-8,19H,9H2,1-4H3;7-8,17H,9H2,1-6H3;3-4H,1-2H3/t23-,30-;;;/m1.../s1. The summed E-state index contributed by atoms with van der Waals surface area (Å²) in [4.78, 5) is 11.8. The van der Waals surface area contributed by atoms with Crippen LogP contribution in [0.2, 0.25) is 0 Å². The van der Waals surface area contributed by atoms with Gasteiger partial charge in [-0.15, -0.1) is 0 Å². The van der Waals surface area contributed by atoms with Gasteiger partial charge >= 0.3 is 13.1 Å². The fourth-order valence-electron chi connectivity index (χ4n) is 11.5. The van der Waals surface area contributed by atoms with Crippen LogP contribution >= 0.6 is 54.5 Å². The van der Waals surface area contributed by atoms with Crippen molar-refractivity contribution in [1.82, 2.24) is 29.3 Å². The SMILES string of the molecule is CC(C)(O)Cn1cc(B2OC(C)(C)C(C)(C)O2)cn1.COC(=O)C[C@@H]1COc2cc(O[C@@H]3CCc4c(-c5c(C)cc(-c6cnn(CC(C)(C)O)c6)cc5C)ccc(F)c43)ccc21.Cc1cc(-c2cnn(CC(C)(C)O)c2)cc(C)c1Br.Cc1cc(I)cc(C)c1Br. The van der Waals surface area contributed by atoms with E-state index in [4.69, 9.17) is 23.5 Å². The molecule has 0 amide bonds. The van der Waals surface area contributed by atoms with Crippen LogP contribution in [0.3, 0.4) is 0 Å². The van der Waals surface area contributed by atoms with E-state index in [-0.39, 0.29) is 35.3 Å². The lowest BCUT2D eigenvalue weighted by Crippen LogP contribution is -2.41. The predicted octanol–water partition coefficient (Wildman–Crippen LogP) is 15.2. The summed E-state index contributed by atoms with van der Waals surface area (Å²) in [7, 11) is 0.982. The Morgan fingerprint density at radius 1 is 0.681 bits per heavy atom. The van der Waals surface area contributed by atoms with Gasteiger partial charge in [-0.3, -0.25) is 18.8 Å². The van der Waals surface area contributed by atoms with Gasteiger partial charge in [0.2, 0.25) is 0 Å². The van der Waals surface area contributed by atoms with Crippen LogP contribution in [0.1, 0.15) is 144 Å². The average Bonchev–Trinajstić information content (AvgIpc) is 1.72. The Kier molecular flexibility index (Phi) is 22.3. The largest absolute Gasteiger partial charge is 0.498 e. The van der Waals surface area contributed by atoms with E-state index in [0.29, 0.717) is 56.1 Å². The van der Waals surface area contributed by atoms with Gasteiger partial charge in [-0.05, 0) is 232 Å². The van der Waals surface area contributed by atoms with E-state index in [1.807, 2.05) is 82.9 Å². The summed E-state index contributed by atoms with van der Waals surface area (Å²) in [5.41, 5.74) is 14.0. The molecule has 20 heteroatoms. The van der Waals surface area contributed by atoms with Crippen LogP contribution in [-0.2, 0) is 44.9 Å². The number of aromatic nitrogens is 6. The van der Waals surface area contributed by atoms with E-state index in [1.165, 1.54) is 37.4 Å². The number of methoxy groups -OCH3 is 1. The zero-order chi connectivity index (χ0) is 66.9. The first-order valence-electron chi connectivity index (χ1n) is 30.6. The number of esters is 1. The van der Waals surface area contributed by atoms with Gasteiger partial charge in [0, 0.05) is 77.0 Å². The molecule has 11 rings (SSSR count). The minimum atomic E-state index is -0.855. The van der Waals surface area contributed by atoms with Gasteiger partial charge < -0.3 is 38.8 Å². The quantitative estimate of drug-likeness (QED) is 0.0534. The highest BCUT2D eigenvalue weighted by Crippen LogP contribution is 2.46. The number of carbonyl (C=O) groups excluding carboxylic acids is 1. The first-order chi connectivity index (χ1) is 42.4. The monoisotopic (exact) mass is 1480 g/mol.